The third kappa shape index (κ3) is 4.43. The highest BCUT2D eigenvalue weighted by molar-refractivity contribution is 6.30. The number of allylic oxidation sites excluding steroid dienone is 2. The summed E-state index contributed by atoms with van der Waals surface area (Å²) in [5.74, 6) is -0.918. The molecule has 0 spiro atoms. The van der Waals surface area contributed by atoms with Crippen molar-refractivity contribution >= 4 is 52.7 Å². The summed E-state index contributed by atoms with van der Waals surface area (Å²) in [6.07, 6.45) is 6.42. The van der Waals surface area contributed by atoms with E-state index in [9.17, 15) is 9.90 Å². The van der Waals surface area contributed by atoms with E-state index >= 15 is 0 Å². The number of hydrazone groups is 1. The SMILES string of the molecule is C/C=N\N1C(C(=O)OC)=C(O)c2ccc(/C(C=Nc3cccc(Cl)c3)=C/N)cc2/C1=C\C. The van der Waals surface area contributed by atoms with E-state index in [1.54, 1.807) is 43.5 Å². The highest BCUT2D eigenvalue weighted by Crippen LogP contribution is 2.39. The lowest BCUT2D eigenvalue weighted by molar-refractivity contribution is -0.137. The zero-order valence-electron chi connectivity index (χ0n) is 17.9. The predicted octanol–water partition coefficient (Wildman–Crippen LogP) is 5.12. The van der Waals surface area contributed by atoms with Crippen molar-refractivity contribution in [3.05, 3.63) is 82.2 Å². The minimum Gasteiger partial charge on any atom is -0.505 e. The molecule has 8 heteroatoms. The first-order chi connectivity index (χ1) is 15.4. The van der Waals surface area contributed by atoms with E-state index in [4.69, 9.17) is 22.1 Å². The fourth-order valence-corrected chi connectivity index (χ4v) is 3.50. The summed E-state index contributed by atoms with van der Waals surface area (Å²) in [5, 5.41) is 17.1. The third-order valence-corrected chi connectivity index (χ3v) is 5.01. The second-order valence-corrected chi connectivity index (χ2v) is 7.11. The standard InChI is InChI=1S/C24H23ClN4O3/c1-4-21-20-11-15(16(13-26)14-27-18-8-6-7-17(25)12-18)9-10-19(20)23(30)22(24(31)32-3)29(21)28-5-2/h4-14,30H,26H2,1-3H3/b16-13+,21-4+,27-14?,28-5-. The summed E-state index contributed by atoms with van der Waals surface area (Å²) < 4.78 is 4.85. The summed E-state index contributed by atoms with van der Waals surface area (Å²) in [6.45, 7) is 3.54. The van der Waals surface area contributed by atoms with Crippen LogP contribution in [0.15, 0.2) is 70.5 Å². The van der Waals surface area contributed by atoms with E-state index in [1.165, 1.54) is 24.5 Å². The summed E-state index contributed by atoms with van der Waals surface area (Å²) >= 11 is 6.02. The van der Waals surface area contributed by atoms with Gasteiger partial charge in [-0.15, -0.1) is 0 Å². The van der Waals surface area contributed by atoms with Crippen LogP contribution in [0.2, 0.25) is 5.02 Å². The number of hydrogen-bond donors (Lipinski definition) is 2. The molecule has 0 radical (unpaired) electrons. The van der Waals surface area contributed by atoms with Gasteiger partial charge < -0.3 is 15.6 Å². The maximum atomic E-state index is 12.4. The van der Waals surface area contributed by atoms with E-state index in [2.05, 4.69) is 10.1 Å². The zero-order valence-corrected chi connectivity index (χ0v) is 18.7. The minimum absolute atomic E-state index is 0.0592. The molecule has 0 atom stereocenters. The number of esters is 1. The predicted molar refractivity (Wildman–Crippen MR) is 129 cm³/mol. The maximum absolute atomic E-state index is 12.4. The molecule has 32 heavy (non-hydrogen) atoms. The van der Waals surface area contributed by atoms with Crippen molar-refractivity contribution in [3.8, 4) is 0 Å². The van der Waals surface area contributed by atoms with Crippen LogP contribution in [-0.4, -0.2) is 35.6 Å². The number of benzene rings is 2. The average molecular weight is 451 g/mol. The monoisotopic (exact) mass is 450 g/mol. The summed E-state index contributed by atoms with van der Waals surface area (Å²) in [4.78, 5) is 16.8. The van der Waals surface area contributed by atoms with Gasteiger partial charge in [-0.05, 0) is 49.7 Å². The number of ether oxygens (including phenoxy) is 1. The topological polar surface area (TPSA) is 101 Å². The van der Waals surface area contributed by atoms with Crippen LogP contribution in [0.25, 0.3) is 17.0 Å². The van der Waals surface area contributed by atoms with E-state index in [1.807, 2.05) is 25.1 Å². The Labute approximate surface area is 191 Å². The fourth-order valence-electron chi connectivity index (χ4n) is 3.31. The molecule has 1 aliphatic heterocycles. The van der Waals surface area contributed by atoms with Crippen molar-refractivity contribution < 1.29 is 14.6 Å². The maximum Gasteiger partial charge on any atom is 0.360 e. The second-order valence-electron chi connectivity index (χ2n) is 6.67. The van der Waals surface area contributed by atoms with Crippen LogP contribution >= 0.6 is 11.6 Å². The molecule has 7 nitrogen and oxygen atoms in total. The number of aliphatic hydroxyl groups is 1. The normalized spacial score (nSPS) is 15.7. The first-order valence-electron chi connectivity index (χ1n) is 9.78. The first-order valence-corrected chi connectivity index (χ1v) is 10.2. The molecule has 0 saturated heterocycles. The van der Waals surface area contributed by atoms with Gasteiger partial charge in [-0.2, -0.15) is 5.10 Å². The highest BCUT2D eigenvalue weighted by Gasteiger charge is 2.33. The molecule has 1 heterocycles. The third-order valence-electron chi connectivity index (χ3n) is 4.77. The van der Waals surface area contributed by atoms with Crippen molar-refractivity contribution in [3.63, 3.8) is 0 Å². The molecule has 2 aromatic rings. The van der Waals surface area contributed by atoms with Crippen LogP contribution in [0.5, 0.6) is 0 Å². The zero-order chi connectivity index (χ0) is 23.3. The largest absolute Gasteiger partial charge is 0.505 e. The molecule has 0 saturated carbocycles. The van der Waals surface area contributed by atoms with Gasteiger partial charge in [0.2, 0.25) is 0 Å². The summed E-state index contributed by atoms with van der Waals surface area (Å²) in [5.41, 5.74) is 9.71. The quantitative estimate of drug-likeness (QED) is 0.486. The Kier molecular flexibility index (Phi) is 7.12. The second kappa shape index (κ2) is 9.98. The Morgan fingerprint density at radius 2 is 1.97 bits per heavy atom. The lowest BCUT2D eigenvalue weighted by Gasteiger charge is -2.30. The van der Waals surface area contributed by atoms with Gasteiger partial charge in [0.25, 0.3) is 0 Å². The number of nitrogens with zero attached hydrogens (tertiary/aromatic N) is 3. The smallest absolute Gasteiger partial charge is 0.360 e. The molecule has 0 amide bonds. The number of halogens is 1. The van der Waals surface area contributed by atoms with Crippen LogP contribution < -0.4 is 5.73 Å². The number of aliphatic hydroxyl groups excluding tert-OH is 1. The minimum atomic E-state index is -0.696. The molecule has 0 bridgehead atoms. The van der Waals surface area contributed by atoms with E-state index < -0.39 is 5.97 Å². The Balaban J connectivity index is 2.11. The van der Waals surface area contributed by atoms with Gasteiger partial charge in [-0.3, -0.25) is 4.99 Å². The van der Waals surface area contributed by atoms with Crippen molar-refractivity contribution in [2.75, 3.05) is 7.11 Å². The van der Waals surface area contributed by atoms with Crippen LogP contribution in [0.4, 0.5) is 5.69 Å². The number of fused-ring (bicyclic) bond motifs is 1. The number of carbonyl (C=O) groups is 1. The molecule has 0 aliphatic carbocycles. The highest BCUT2D eigenvalue weighted by atomic mass is 35.5. The van der Waals surface area contributed by atoms with Gasteiger partial charge >= 0.3 is 5.97 Å². The molecule has 3 N–H and O–H groups in total. The Bertz CT molecular complexity index is 1200. The van der Waals surface area contributed by atoms with Crippen molar-refractivity contribution in [2.24, 2.45) is 15.8 Å². The van der Waals surface area contributed by atoms with E-state index in [0.29, 0.717) is 33.1 Å². The van der Waals surface area contributed by atoms with Crippen LogP contribution in [0.1, 0.15) is 30.5 Å². The van der Waals surface area contributed by atoms with Gasteiger partial charge in [-0.25, -0.2) is 9.80 Å². The van der Waals surface area contributed by atoms with Crippen molar-refractivity contribution in [2.45, 2.75) is 13.8 Å². The lowest BCUT2D eigenvalue weighted by atomic mass is 9.93. The van der Waals surface area contributed by atoms with Gasteiger partial charge in [0.05, 0.1) is 18.5 Å². The number of methoxy groups -OCH3 is 1. The molecule has 164 valence electrons. The van der Waals surface area contributed by atoms with Crippen LogP contribution in [0.3, 0.4) is 0 Å². The first kappa shape index (κ1) is 22.8. The Hall–Kier alpha value is -3.84. The Morgan fingerprint density at radius 1 is 1.19 bits per heavy atom. The molecule has 1 aliphatic rings. The molecular weight excluding hydrogens is 428 g/mol. The Morgan fingerprint density at radius 3 is 2.59 bits per heavy atom. The lowest BCUT2D eigenvalue weighted by Crippen LogP contribution is -2.28. The molecule has 0 unspecified atom stereocenters. The number of hydrogen-bond acceptors (Lipinski definition) is 7. The number of carbonyl (C=O) groups excluding carboxylic acids is 1. The van der Waals surface area contributed by atoms with Gasteiger partial charge in [-0.1, -0.05) is 29.8 Å². The average Bonchev–Trinajstić information content (AvgIpc) is 2.79. The molecule has 2 aromatic carbocycles. The molecular formula is C24H23ClN4O3. The van der Waals surface area contributed by atoms with Crippen molar-refractivity contribution in [1.29, 1.82) is 0 Å². The van der Waals surface area contributed by atoms with Gasteiger partial charge in [0, 0.05) is 40.4 Å². The van der Waals surface area contributed by atoms with Crippen LogP contribution in [0, 0.1) is 0 Å². The summed E-state index contributed by atoms with van der Waals surface area (Å²) in [7, 11) is 1.25. The molecule has 3 rings (SSSR count). The van der Waals surface area contributed by atoms with Crippen LogP contribution in [-0.2, 0) is 9.53 Å². The number of rotatable bonds is 5. The van der Waals surface area contributed by atoms with E-state index in [0.717, 1.165) is 5.56 Å². The summed E-state index contributed by atoms with van der Waals surface area (Å²) in [6, 6.07) is 12.5. The van der Waals surface area contributed by atoms with Gasteiger partial charge in [0.15, 0.2) is 11.5 Å². The molecule has 0 fully saturated rings. The number of nitrogens with two attached hydrogens (primary N) is 1. The van der Waals surface area contributed by atoms with Crippen molar-refractivity contribution in [1.82, 2.24) is 5.01 Å². The van der Waals surface area contributed by atoms with E-state index in [-0.39, 0.29) is 11.5 Å². The number of aliphatic imine (C=N–C) groups is 1. The fraction of sp³-hybridized carbons (Fsp3) is 0.125. The van der Waals surface area contributed by atoms with Gasteiger partial charge in [0.1, 0.15) is 0 Å². The molecule has 0 aromatic heterocycles.